The molecule has 0 saturated carbocycles. The molecule has 0 saturated heterocycles. The Balaban J connectivity index is 1.28. The molecule has 0 radical (unpaired) electrons. The largest absolute Gasteiger partial charge is 0.411 e. The fraction of sp³-hybridized carbons (Fsp3) is 0.121. The molecule has 0 fully saturated rings. The standard InChI is InChI=1S/C33H31N9O/c1-24-39(30(26-15-7-3-8-16-26)37-41(24)28-19-11-5-12-20-28)23-35-33(43)36-32(34)40-25(2)42(29-21-13-6-14-22-29)38-31(40)27-17-9-4-10-18-27/h3-25H,1-2H3,(H2,34,36,43)/p-1/b35-23+. The molecular weight excluding hydrogens is 538 g/mol. The van der Waals surface area contributed by atoms with Crippen LogP contribution in [-0.2, 0) is 0 Å². The van der Waals surface area contributed by atoms with Crippen LogP contribution in [0.15, 0.2) is 142 Å². The lowest BCUT2D eigenvalue weighted by Crippen LogP contribution is -2.43. The van der Waals surface area contributed by atoms with Crippen molar-refractivity contribution in [1.82, 2.24) is 9.80 Å². The fourth-order valence-electron chi connectivity index (χ4n) is 5.05. The smallest absolute Gasteiger partial charge is 0.300 e. The molecule has 43 heavy (non-hydrogen) atoms. The number of carbonyl (C=O) groups is 1. The van der Waals surface area contributed by atoms with Gasteiger partial charge in [-0.05, 0) is 38.1 Å². The number of benzene rings is 4. The van der Waals surface area contributed by atoms with Gasteiger partial charge >= 0.3 is 0 Å². The number of aliphatic imine (C=N–C) groups is 2. The van der Waals surface area contributed by atoms with Crippen molar-refractivity contribution in [2.24, 2.45) is 20.2 Å². The van der Waals surface area contributed by atoms with Crippen molar-refractivity contribution in [1.29, 1.82) is 0 Å². The normalized spacial score (nSPS) is 18.8. The number of anilines is 2. The zero-order valence-corrected chi connectivity index (χ0v) is 23.8. The molecule has 4 aromatic carbocycles. The van der Waals surface area contributed by atoms with Crippen molar-refractivity contribution < 1.29 is 4.79 Å². The Bertz CT molecular complexity index is 1690. The van der Waals surface area contributed by atoms with E-state index < -0.39 is 12.2 Å². The minimum Gasteiger partial charge on any atom is -0.411 e. The number of amides is 2. The van der Waals surface area contributed by atoms with E-state index in [1.807, 2.05) is 150 Å². The summed E-state index contributed by atoms with van der Waals surface area (Å²) in [7, 11) is 0. The summed E-state index contributed by atoms with van der Waals surface area (Å²) in [5, 5.41) is 13.4. The van der Waals surface area contributed by atoms with Crippen LogP contribution in [0.3, 0.4) is 0 Å². The number of guanidine groups is 1. The van der Waals surface area contributed by atoms with Gasteiger partial charge in [0.25, 0.3) is 6.03 Å². The molecule has 6 rings (SSSR count). The molecule has 214 valence electrons. The Labute approximate surface area is 250 Å². The number of rotatable bonds is 5. The zero-order valence-electron chi connectivity index (χ0n) is 23.8. The molecule has 0 bridgehead atoms. The van der Waals surface area contributed by atoms with Gasteiger partial charge < -0.3 is 15.6 Å². The molecule has 10 nitrogen and oxygen atoms in total. The van der Waals surface area contributed by atoms with Crippen LogP contribution < -0.4 is 10.0 Å². The van der Waals surface area contributed by atoms with Crippen LogP contribution in [-0.4, -0.2) is 52.1 Å². The summed E-state index contributed by atoms with van der Waals surface area (Å²) in [6.07, 6.45) is 0.776. The summed E-state index contributed by atoms with van der Waals surface area (Å²) < 4.78 is 0. The third kappa shape index (κ3) is 5.58. The van der Waals surface area contributed by atoms with Crippen molar-refractivity contribution in [2.45, 2.75) is 26.2 Å². The maximum atomic E-state index is 13.1. The van der Waals surface area contributed by atoms with Crippen LogP contribution in [0.4, 0.5) is 16.2 Å². The first-order chi connectivity index (χ1) is 21.0. The Hall–Kier alpha value is -5.77. The molecule has 2 aliphatic heterocycles. The minimum atomic E-state index is -0.805. The molecular formula is C33H30N9O-. The second kappa shape index (κ2) is 12.0. The average molecular weight is 569 g/mol. The average Bonchev–Trinajstić information content (AvgIpc) is 3.58. The highest BCUT2D eigenvalue weighted by molar-refractivity contribution is 6.15. The van der Waals surface area contributed by atoms with E-state index in [9.17, 15) is 4.79 Å². The summed E-state index contributed by atoms with van der Waals surface area (Å²) in [6.45, 7) is 3.89. The Morgan fingerprint density at radius 1 is 0.674 bits per heavy atom. The van der Waals surface area contributed by atoms with Crippen molar-refractivity contribution in [3.63, 3.8) is 0 Å². The lowest BCUT2D eigenvalue weighted by Gasteiger charge is -2.34. The van der Waals surface area contributed by atoms with Gasteiger partial charge in [0.05, 0.1) is 17.5 Å². The Morgan fingerprint density at radius 2 is 1.12 bits per heavy atom. The van der Waals surface area contributed by atoms with E-state index in [0.29, 0.717) is 11.7 Å². The number of hydrogen-bond acceptors (Lipinski definition) is 5. The summed E-state index contributed by atoms with van der Waals surface area (Å²) >= 11 is 0. The number of urea groups is 1. The summed E-state index contributed by atoms with van der Waals surface area (Å²) in [5.74, 6) is 0.911. The number of carbonyl (C=O) groups excluding carboxylic acids is 1. The highest BCUT2D eigenvalue weighted by Gasteiger charge is 2.32. The number of hydrazone groups is 2. The molecule has 2 unspecified atom stereocenters. The first-order valence-electron chi connectivity index (χ1n) is 13.9. The van der Waals surface area contributed by atoms with Gasteiger partial charge in [-0.15, -0.1) is 0 Å². The van der Waals surface area contributed by atoms with Gasteiger partial charge in [-0.25, -0.2) is 5.01 Å². The van der Waals surface area contributed by atoms with Gasteiger partial charge in [0.2, 0.25) is 0 Å². The van der Waals surface area contributed by atoms with Gasteiger partial charge in [-0.1, -0.05) is 97.1 Å². The van der Waals surface area contributed by atoms with Crippen LogP contribution in [0, 0.1) is 0 Å². The third-order valence-electron chi connectivity index (χ3n) is 7.19. The summed E-state index contributed by atoms with van der Waals surface area (Å²) in [4.78, 5) is 24.8. The second-order valence-corrected chi connectivity index (χ2v) is 9.94. The Morgan fingerprint density at radius 3 is 1.65 bits per heavy atom. The highest BCUT2D eigenvalue weighted by atomic mass is 16.2. The SMILES string of the molecule is CC1N(/C=N/C(=O)/N=C(\[NH-])N2C(c3ccccc3)=NN(c3ccccc3)C2C)C(c2ccccc2)=NN1c1ccccc1. The molecule has 10 heteroatoms. The van der Waals surface area contributed by atoms with Crippen molar-refractivity contribution >= 4 is 41.4 Å². The topological polar surface area (TPSA) is 103 Å². The van der Waals surface area contributed by atoms with Gasteiger partial charge in [-0.3, -0.25) is 14.7 Å². The lowest BCUT2D eigenvalue weighted by atomic mass is 10.2. The van der Waals surface area contributed by atoms with Crippen molar-refractivity contribution in [3.8, 4) is 0 Å². The van der Waals surface area contributed by atoms with E-state index in [0.717, 1.165) is 22.5 Å². The number of amidine groups is 2. The number of para-hydroxylation sites is 2. The van der Waals surface area contributed by atoms with E-state index in [2.05, 4.69) is 9.98 Å². The number of hydrogen-bond donors (Lipinski definition) is 0. The van der Waals surface area contributed by atoms with Gasteiger partial charge in [0, 0.05) is 17.1 Å². The van der Waals surface area contributed by atoms with Crippen LogP contribution in [0.5, 0.6) is 0 Å². The summed E-state index contributed by atoms with van der Waals surface area (Å²) in [5.41, 5.74) is 12.3. The minimum absolute atomic E-state index is 0.256. The van der Waals surface area contributed by atoms with Gasteiger partial charge in [0.15, 0.2) is 5.84 Å². The molecule has 2 atom stereocenters. The number of nitrogens with one attached hydrogen (secondary N) is 1. The molecule has 2 aliphatic rings. The Kier molecular flexibility index (Phi) is 7.64. The highest BCUT2D eigenvalue weighted by Crippen LogP contribution is 2.28. The maximum Gasteiger partial charge on any atom is 0.300 e. The quantitative estimate of drug-likeness (QED) is 0.199. The predicted molar refractivity (Wildman–Crippen MR) is 172 cm³/mol. The van der Waals surface area contributed by atoms with E-state index in [4.69, 9.17) is 15.9 Å². The van der Waals surface area contributed by atoms with Crippen LogP contribution >= 0.6 is 0 Å². The van der Waals surface area contributed by atoms with Crippen LogP contribution in [0.1, 0.15) is 25.0 Å². The monoisotopic (exact) mass is 568 g/mol. The van der Waals surface area contributed by atoms with E-state index in [1.54, 1.807) is 4.90 Å². The van der Waals surface area contributed by atoms with Gasteiger partial charge in [0.1, 0.15) is 18.3 Å². The second-order valence-electron chi connectivity index (χ2n) is 9.94. The van der Waals surface area contributed by atoms with Crippen LogP contribution in [0.25, 0.3) is 5.73 Å². The molecule has 4 aromatic rings. The molecule has 0 spiro atoms. The molecule has 0 aliphatic carbocycles. The first-order valence-corrected chi connectivity index (χ1v) is 13.9. The summed E-state index contributed by atoms with van der Waals surface area (Å²) in [6, 6.07) is 38.0. The molecule has 1 N–H and O–H groups in total. The third-order valence-corrected chi connectivity index (χ3v) is 7.19. The van der Waals surface area contributed by atoms with E-state index >= 15 is 0 Å². The van der Waals surface area contributed by atoms with Crippen molar-refractivity contribution in [3.05, 3.63) is 138 Å². The van der Waals surface area contributed by atoms with E-state index in [1.165, 1.54) is 6.34 Å². The predicted octanol–water partition coefficient (Wildman–Crippen LogP) is 6.60. The molecule has 2 amide bonds. The van der Waals surface area contributed by atoms with E-state index in [-0.39, 0.29) is 12.1 Å². The first kappa shape index (κ1) is 27.4. The maximum absolute atomic E-state index is 13.1. The van der Waals surface area contributed by atoms with Crippen molar-refractivity contribution in [2.75, 3.05) is 10.0 Å². The fourth-order valence-corrected chi connectivity index (χ4v) is 5.05. The number of nitrogens with zero attached hydrogens (tertiary/aromatic N) is 8. The molecule has 0 aromatic heterocycles. The van der Waals surface area contributed by atoms with Gasteiger partial charge in [-0.2, -0.15) is 15.2 Å². The zero-order chi connectivity index (χ0) is 29.8. The lowest BCUT2D eigenvalue weighted by molar-refractivity contribution is 0.256. The molecule has 2 heterocycles. The van der Waals surface area contributed by atoms with Crippen LogP contribution in [0.2, 0.25) is 0 Å².